The van der Waals surface area contributed by atoms with Crippen LogP contribution in [0.3, 0.4) is 0 Å². The lowest BCUT2D eigenvalue weighted by atomic mass is 9.99. The van der Waals surface area contributed by atoms with Gasteiger partial charge in [0.1, 0.15) is 0 Å². The van der Waals surface area contributed by atoms with Gasteiger partial charge in [-0.3, -0.25) is 0 Å². The summed E-state index contributed by atoms with van der Waals surface area (Å²) in [7, 11) is 3.80. The summed E-state index contributed by atoms with van der Waals surface area (Å²) in [6.45, 7) is 9.73. The number of aromatic nitrogens is 1. The van der Waals surface area contributed by atoms with E-state index in [1.807, 2.05) is 7.05 Å². The zero-order valence-electron chi connectivity index (χ0n) is 12.7. The summed E-state index contributed by atoms with van der Waals surface area (Å²) in [5, 5.41) is 3.38. The van der Waals surface area contributed by atoms with Gasteiger partial charge in [0.15, 0.2) is 0 Å². The molecular formula is C15H28N2O. The molecule has 1 N–H and O–H groups in total. The van der Waals surface area contributed by atoms with Gasteiger partial charge in [-0.25, -0.2) is 0 Å². The molecule has 1 unspecified atom stereocenters. The van der Waals surface area contributed by atoms with Crippen LogP contribution >= 0.6 is 0 Å². The molecular weight excluding hydrogens is 224 g/mol. The number of nitrogens with zero attached hydrogens (tertiary/aromatic N) is 1. The third-order valence-corrected chi connectivity index (χ3v) is 3.63. The van der Waals surface area contributed by atoms with Gasteiger partial charge in [0, 0.05) is 32.1 Å². The van der Waals surface area contributed by atoms with Crippen LogP contribution in [-0.2, 0) is 11.3 Å². The average Bonchev–Trinajstić information content (AvgIpc) is 2.76. The SMILES string of the molecule is CNC(c1ccn(CCC(C)(C)OC)c1)C(C)C. The fourth-order valence-electron chi connectivity index (χ4n) is 2.17. The fraction of sp³-hybridized carbons (Fsp3) is 0.733. The maximum Gasteiger partial charge on any atom is 0.0639 e. The van der Waals surface area contributed by atoms with E-state index in [9.17, 15) is 0 Å². The van der Waals surface area contributed by atoms with E-state index in [0.29, 0.717) is 12.0 Å². The molecule has 3 nitrogen and oxygen atoms in total. The van der Waals surface area contributed by atoms with Crippen molar-refractivity contribution in [3.05, 3.63) is 24.0 Å². The summed E-state index contributed by atoms with van der Waals surface area (Å²) in [6, 6.07) is 2.64. The van der Waals surface area contributed by atoms with Crippen molar-refractivity contribution < 1.29 is 4.74 Å². The number of methoxy groups -OCH3 is 1. The summed E-state index contributed by atoms with van der Waals surface area (Å²) in [5.74, 6) is 0.598. The van der Waals surface area contributed by atoms with Gasteiger partial charge in [0.2, 0.25) is 0 Å². The van der Waals surface area contributed by atoms with Gasteiger partial charge in [-0.2, -0.15) is 0 Å². The van der Waals surface area contributed by atoms with Crippen molar-refractivity contribution in [2.75, 3.05) is 14.2 Å². The summed E-state index contributed by atoms with van der Waals surface area (Å²) < 4.78 is 7.70. The predicted octanol–water partition coefficient (Wildman–Crippen LogP) is 3.22. The topological polar surface area (TPSA) is 26.2 Å². The van der Waals surface area contributed by atoms with Crippen LogP contribution < -0.4 is 5.32 Å². The number of hydrogen-bond donors (Lipinski definition) is 1. The van der Waals surface area contributed by atoms with E-state index in [1.165, 1.54) is 5.56 Å². The first kappa shape index (κ1) is 15.3. The maximum atomic E-state index is 5.45. The lowest BCUT2D eigenvalue weighted by Gasteiger charge is -2.23. The Kier molecular flexibility index (Phi) is 5.42. The molecule has 3 heteroatoms. The Balaban J connectivity index is 2.63. The summed E-state index contributed by atoms with van der Waals surface area (Å²) in [6.07, 6.45) is 5.42. The minimum atomic E-state index is -0.0507. The van der Waals surface area contributed by atoms with E-state index in [1.54, 1.807) is 7.11 Å². The second-order valence-electron chi connectivity index (χ2n) is 5.91. The van der Waals surface area contributed by atoms with Gasteiger partial charge >= 0.3 is 0 Å². The largest absolute Gasteiger partial charge is 0.379 e. The van der Waals surface area contributed by atoms with Crippen molar-refractivity contribution in [3.63, 3.8) is 0 Å². The van der Waals surface area contributed by atoms with Gasteiger partial charge in [-0.15, -0.1) is 0 Å². The van der Waals surface area contributed by atoms with Crippen molar-refractivity contribution in [1.29, 1.82) is 0 Å². The molecule has 1 aromatic heterocycles. The number of nitrogens with one attached hydrogen (secondary N) is 1. The molecule has 104 valence electrons. The molecule has 0 aromatic carbocycles. The summed E-state index contributed by atoms with van der Waals surface area (Å²) in [4.78, 5) is 0. The molecule has 0 radical (unpaired) electrons. The molecule has 0 bridgehead atoms. The number of aryl methyl sites for hydroxylation is 1. The molecule has 0 aliphatic rings. The molecule has 1 rings (SSSR count). The molecule has 0 saturated carbocycles. The van der Waals surface area contributed by atoms with Crippen LogP contribution in [0.25, 0.3) is 0 Å². The lowest BCUT2D eigenvalue weighted by Crippen LogP contribution is -2.24. The van der Waals surface area contributed by atoms with Gasteiger partial charge in [0.05, 0.1) is 5.60 Å². The van der Waals surface area contributed by atoms with Crippen LogP contribution in [0.1, 0.15) is 45.7 Å². The van der Waals surface area contributed by atoms with Gasteiger partial charge < -0.3 is 14.6 Å². The standard InChI is InChI=1S/C15H28N2O/c1-12(2)14(16-5)13-7-9-17(11-13)10-8-15(3,4)18-6/h7,9,11-12,14,16H,8,10H2,1-6H3. The van der Waals surface area contributed by atoms with E-state index in [2.05, 4.69) is 56.0 Å². The highest BCUT2D eigenvalue weighted by molar-refractivity contribution is 5.16. The molecule has 0 spiro atoms. The van der Waals surface area contributed by atoms with Crippen LogP contribution in [0.5, 0.6) is 0 Å². The van der Waals surface area contributed by atoms with E-state index in [-0.39, 0.29) is 5.60 Å². The van der Waals surface area contributed by atoms with Gasteiger partial charge in [-0.1, -0.05) is 13.8 Å². The van der Waals surface area contributed by atoms with Crippen molar-refractivity contribution >= 4 is 0 Å². The predicted molar refractivity (Wildman–Crippen MR) is 76.8 cm³/mol. The molecule has 0 aliphatic carbocycles. The van der Waals surface area contributed by atoms with Crippen molar-refractivity contribution in [1.82, 2.24) is 9.88 Å². The normalized spacial score (nSPS) is 14.2. The van der Waals surface area contributed by atoms with Crippen LogP contribution in [0.15, 0.2) is 18.5 Å². The van der Waals surface area contributed by atoms with E-state index >= 15 is 0 Å². The Morgan fingerprint density at radius 3 is 2.56 bits per heavy atom. The first-order chi connectivity index (χ1) is 8.39. The monoisotopic (exact) mass is 252 g/mol. The zero-order valence-corrected chi connectivity index (χ0v) is 12.7. The minimum Gasteiger partial charge on any atom is -0.379 e. The molecule has 18 heavy (non-hydrogen) atoms. The molecule has 1 aromatic rings. The van der Waals surface area contributed by atoms with Crippen molar-refractivity contribution in [2.24, 2.45) is 5.92 Å². The number of rotatable bonds is 7. The highest BCUT2D eigenvalue weighted by Gasteiger charge is 2.17. The van der Waals surface area contributed by atoms with E-state index in [0.717, 1.165) is 13.0 Å². The van der Waals surface area contributed by atoms with Crippen LogP contribution in [0.2, 0.25) is 0 Å². The lowest BCUT2D eigenvalue weighted by molar-refractivity contribution is 0.0120. The zero-order chi connectivity index (χ0) is 13.8. The Morgan fingerprint density at radius 1 is 1.39 bits per heavy atom. The van der Waals surface area contributed by atoms with Crippen LogP contribution in [-0.4, -0.2) is 24.3 Å². The Labute approximate surface area is 112 Å². The van der Waals surface area contributed by atoms with Crippen LogP contribution in [0.4, 0.5) is 0 Å². The third kappa shape index (κ3) is 4.14. The summed E-state index contributed by atoms with van der Waals surface area (Å²) >= 11 is 0. The average molecular weight is 252 g/mol. The van der Waals surface area contributed by atoms with E-state index < -0.39 is 0 Å². The minimum absolute atomic E-state index is 0.0507. The Bertz CT molecular complexity index is 355. The second kappa shape index (κ2) is 6.39. The molecule has 0 fully saturated rings. The number of hydrogen-bond acceptors (Lipinski definition) is 2. The first-order valence-electron chi connectivity index (χ1n) is 6.77. The highest BCUT2D eigenvalue weighted by atomic mass is 16.5. The smallest absolute Gasteiger partial charge is 0.0639 e. The molecule has 0 amide bonds. The Morgan fingerprint density at radius 2 is 2.06 bits per heavy atom. The quantitative estimate of drug-likeness (QED) is 0.806. The van der Waals surface area contributed by atoms with Crippen molar-refractivity contribution in [3.8, 4) is 0 Å². The number of ether oxygens (including phenoxy) is 1. The fourth-order valence-corrected chi connectivity index (χ4v) is 2.17. The van der Waals surface area contributed by atoms with Gasteiger partial charge in [-0.05, 0) is 44.9 Å². The highest BCUT2D eigenvalue weighted by Crippen LogP contribution is 2.22. The summed E-state index contributed by atoms with van der Waals surface area (Å²) in [5.41, 5.74) is 1.31. The van der Waals surface area contributed by atoms with Gasteiger partial charge in [0.25, 0.3) is 0 Å². The van der Waals surface area contributed by atoms with E-state index in [4.69, 9.17) is 4.74 Å². The first-order valence-corrected chi connectivity index (χ1v) is 6.77. The third-order valence-electron chi connectivity index (χ3n) is 3.63. The van der Waals surface area contributed by atoms with Crippen LogP contribution in [0, 0.1) is 5.92 Å². The molecule has 0 saturated heterocycles. The second-order valence-corrected chi connectivity index (χ2v) is 5.91. The molecule has 1 atom stereocenters. The molecule has 1 heterocycles. The Hall–Kier alpha value is -0.800. The van der Waals surface area contributed by atoms with Crippen molar-refractivity contribution in [2.45, 2.75) is 52.3 Å². The maximum absolute atomic E-state index is 5.45. The molecule has 0 aliphatic heterocycles.